The summed E-state index contributed by atoms with van der Waals surface area (Å²) in [5.41, 5.74) is -2.46. The molecular formula is C13H13F4NO3. The number of nitrogens with one attached hydrogen (secondary N) is 1. The molecule has 1 fully saturated rings. The van der Waals surface area contributed by atoms with Gasteiger partial charge in [0.05, 0.1) is 13.0 Å². The Bertz CT molecular complexity index is 526. The number of ether oxygens (including phenoxy) is 1. The van der Waals surface area contributed by atoms with Gasteiger partial charge in [0.25, 0.3) is 0 Å². The first-order valence-corrected chi connectivity index (χ1v) is 6.21. The normalized spacial score (nSPS) is 32.6. The highest BCUT2D eigenvalue weighted by atomic mass is 19.4. The molecule has 0 saturated carbocycles. The lowest BCUT2D eigenvalue weighted by Gasteiger charge is -2.39. The van der Waals surface area contributed by atoms with Crippen molar-refractivity contribution in [3.8, 4) is 0 Å². The van der Waals surface area contributed by atoms with Crippen molar-refractivity contribution in [2.75, 3.05) is 7.11 Å². The van der Waals surface area contributed by atoms with E-state index in [-0.39, 0.29) is 6.42 Å². The Morgan fingerprint density at radius 1 is 1.48 bits per heavy atom. The first-order chi connectivity index (χ1) is 9.73. The molecule has 0 aromatic carbocycles. The maximum atomic E-state index is 14.0. The molecule has 4 nitrogen and oxygen atoms in total. The summed E-state index contributed by atoms with van der Waals surface area (Å²) < 4.78 is 58.2. The molecule has 116 valence electrons. The molecule has 2 rings (SSSR count). The summed E-state index contributed by atoms with van der Waals surface area (Å²) in [6, 6.07) is 0. The summed E-state index contributed by atoms with van der Waals surface area (Å²) in [6.07, 6.45) is -2.13. The van der Waals surface area contributed by atoms with Crippen molar-refractivity contribution in [1.29, 1.82) is 0 Å². The third kappa shape index (κ3) is 2.43. The molecule has 3 atom stereocenters. The lowest BCUT2D eigenvalue weighted by molar-refractivity contribution is -0.203. The molecule has 0 bridgehead atoms. The van der Waals surface area contributed by atoms with Gasteiger partial charge in [-0.1, -0.05) is 12.2 Å². The number of carbonyl (C=O) groups excluding carboxylic acids is 2. The van der Waals surface area contributed by atoms with E-state index in [2.05, 4.69) is 4.74 Å². The van der Waals surface area contributed by atoms with Gasteiger partial charge in [0, 0.05) is 12.3 Å². The number of halogens is 4. The van der Waals surface area contributed by atoms with Gasteiger partial charge < -0.3 is 10.1 Å². The number of amides is 1. The molecule has 1 unspecified atom stereocenters. The third-order valence-corrected chi connectivity index (χ3v) is 3.85. The van der Waals surface area contributed by atoms with Gasteiger partial charge in [0.1, 0.15) is 5.83 Å². The summed E-state index contributed by atoms with van der Waals surface area (Å²) >= 11 is 0. The number of alkyl halides is 3. The van der Waals surface area contributed by atoms with Crippen molar-refractivity contribution in [1.82, 2.24) is 5.32 Å². The van der Waals surface area contributed by atoms with Crippen LogP contribution in [0, 0.1) is 11.8 Å². The van der Waals surface area contributed by atoms with Crippen LogP contribution in [0.25, 0.3) is 0 Å². The minimum Gasteiger partial charge on any atom is -0.467 e. The summed E-state index contributed by atoms with van der Waals surface area (Å²) in [7, 11) is 0.905. The minimum atomic E-state index is -4.84. The highest BCUT2D eigenvalue weighted by Gasteiger charge is 2.67. The van der Waals surface area contributed by atoms with Gasteiger partial charge in [-0.15, -0.1) is 0 Å². The largest absolute Gasteiger partial charge is 0.467 e. The van der Waals surface area contributed by atoms with Gasteiger partial charge in [-0.25, -0.2) is 9.18 Å². The van der Waals surface area contributed by atoms with Gasteiger partial charge in [-0.3, -0.25) is 4.79 Å². The SMILES string of the molecule is COC(=O)[C@]1(C2CC=CC=C2F)NC(=O)C[C@H]1C(F)(F)F. The van der Waals surface area contributed by atoms with E-state index in [9.17, 15) is 27.2 Å². The maximum absolute atomic E-state index is 14.0. The fourth-order valence-electron chi connectivity index (χ4n) is 2.93. The van der Waals surface area contributed by atoms with Crippen LogP contribution < -0.4 is 5.32 Å². The van der Waals surface area contributed by atoms with Crippen LogP contribution in [0.5, 0.6) is 0 Å². The van der Waals surface area contributed by atoms with E-state index < -0.39 is 47.7 Å². The molecule has 0 aromatic heterocycles. The van der Waals surface area contributed by atoms with Gasteiger partial charge in [-0.2, -0.15) is 13.2 Å². The monoisotopic (exact) mass is 307 g/mol. The van der Waals surface area contributed by atoms with E-state index in [4.69, 9.17) is 0 Å². The van der Waals surface area contributed by atoms with E-state index in [0.29, 0.717) is 0 Å². The van der Waals surface area contributed by atoms with Crippen LogP contribution in [0.2, 0.25) is 0 Å². The molecule has 8 heteroatoms. The van der Waals surface area contributed by atoms with Crippen molar-refractivity contribution < 1.29 is 31.9 Å². The van der Waals surface area contributed by atoms with E-state index in [0.717, 1.165) is 13.2 Å². The Labute approximate surface area is 117 Å². The Hall–Kier alpha value is -1.86. The highest BCUT2D eigenvalue weighted by molar-refractivity contribution is 5.93. The van der Waals surface area contributed by atoms with Crippen LogP contribution in [0.4, 0.5) is 17.6 Å². The zero-order chi connectivity index (χ0) is 15.8. The maximum Gasteiger partial charge on any atom is 0.395 e. The van der Waals surface area contributed by atoms with E-state index in [1.807, 2.05) is 5.32 Å². The molecule has 2 aliphatic rings. The van der Waals surface area contributed by atoms with Crippen molar-refractivity contribution in [3.05, 3.63) is 24.1 Å². The predicted molar refractivity (Wildman–Crippen MR) is 63.5 cm³/mol. The average Bonchev–Trinajstić information content (AvgIpc) is 2.77. The second-order valence-electron chi connectivity index (χ2n) is 4.98. The smallest absolute Gasteiger partial charge is 0.395 e. The minimum absolute atomic E-state index is 0.135. The molecule has 0 radical (unpaired) electrons. The molecule has 0 spiro atoms. The lowest BCUT2D eigenvalue weighted by Crippen LogP contribution is -2.62. The van der Waals surface area contributed by atoms with Crippen LogP contribution >= 0.6 is 0 Å². The third-order valence-electron chi connectivity index (χ3n) is 3.85. The van der Waals surface area contributed by atoms with E-state index in [1.54, 1.807) is 0 Å². The van der Waals surface area contributed by atoms with Crippen molar-refractivity contribution >= 4 is 11.9 Å². The standard InChI is InChI=1S/C13H13F4NO3/c1-21-11(20)12(7-4-2-3-5-8(7)14)9(13(15,16)17)6-10(19)18-12/h2-3,5,7,9H,4,6H2,1H3,(H,18,19)/t7?,9-,12-/m1/s1. The van der Waals surface area contributed by atoms with Crippen LogP contribution in [0.3, 0.4) is 0 Å². The van der Waals surface area contributed by atoms with Crippen molar-refractivity contribution in [2.24, 2.45) is 11.8 Å². The molecule has 1 aliphatic carbocycles. The number of methoxy groups -OCH3 is 1. The highest BCUT2D eigenvalue weighted by Crippen LogP contribution is 2.48. The summed E-state index contributed by atoms with van der Waals surface area (Å²) in [6.45, 7) is 0. The summed E-state index contributed by atoms with van der Waals surface area (Å²) in [5.74, 6) is -6.91. The number of allylic oxidation sites excluding steroid dienone is 3. The van der Waals surface area contributed by atoms with Crippen LogP contribution in [-0.4, -0.2) is 30.7 Å². The van der Waals surface area contributed by atoms with Gasteiger partial charge >= 0.3 is 12.1 Å². The molecule has 1 aliphatic heterocycles. The quantitative estimate of drug-likeness (QED) is 0.627. The second-order valence-corrected chi connectivity index (χ2v) is 4.98. The first-order valence-electron chi connectivity index (χ1n) is 6.21. The zero-order valence-electron chi connectivity index (χ0n) is 11.0. The average molecular weight is 307 g/mol. The Morgan fingerprint density at radius 3 is 2.67 bits per heavy atom. The van der Waals surface area contributed by atoms with Crippen LogP contribution in [-0.2, 0) is 14.3 Å². The second kappa shape index (κ2) is 5.16. The molecule has 1 saturated heterocycles. The van der Waals surface area contributed by atoms with Crippen LogP contribution in [0.1, 0.15) is 12.8 Å². The van der Waals surface area contributed by atoms with Gasteiger partial charge in [0.2, 0.25) is 5.91 Å². The molecule has 1 heterocycles. The molecule has 21 heavy (non-hydrogen) atoms. The topological polar surface area (TPSA) is 55.4 Å². The predicted octanol–water partition coefficient (Wildman–Crippen LogP) is 2.03. The van der Waals surface area contributed by atoms with Gasteiger partial charge in [0.15, 0.2) is 5.54 Å². The number of hydrogen-bond donors (Lipinski definition) is 1. The van der Waals surface area contributed by atoms with Gasteiger partial charge in [-0.05, 0) is 12.5 Å². The lowest BCUT2D eigenvalue weighted by atomic mass is 9.71. The summed E-state index contributed by atoms with van der Waals surface area (Å²) in [4.78, 5) is 23.5. The van der Waals surface area contributed by atoms with Crippen LogP contribution in [0.15, 0.2) is 24.1 Å². The molecule has 1 N–H and O–H groups in total. The fraction of sp³-hybridized carbons (Fsp3) is 0.538. The Kier molecular flexibility index (Phi) is 3.81. The van der Waals surface area contributed by atoms with E-state index in [1.165, 1.54) is 12.2 Å². The number of esters is 1. The molecular weight excluding hydrogens is 294 g/mol. The number of rotatable bonds is 2. The molecule has 0 aromatic rings. The van der Waals surface area contributed by atoms with Crippen molar-refractivity contribution in [3.63, 3.8) is 0 Å². The van der Waals surface area contributed by atoms with Crippen molar-refractivity contribution in [2.45, 2.75) is 24.6 Å². The molecule has 1 amide bonds. The summed E-state index contributed by atoms with van der Waals surface area (Å²) in [5, 5.41) is 2.03. The Morgan fingerprint density at radius 2 is 2.14 bits per heavy atom. The fourth-order valence-corrected chi connectivity index (χ4v) is 2.93. The number of hydrogen-bond acceptors (Lipinski definition) is 3. The Balaban J connectivity index is 2.56. The van der Waals surface area contributed by atoms with E-state index >= 15 is 0 Å². The number of carbonyl (C=O) groups is 2. The first kappa shape index (κ1) is 15.5. The zero-order valence-corrected chi connectivity index (χ0v) is 11.0.